The molecule has 1 aliphatic heterocycles. The second kappa shape index (κ2) is 5.64. The fourth-order valence-electron chi connectivity index (χ4n) is 2.53. The van der Waals surface area contributed by atoms with Gasteiger partial charge >= 0.3 is 0 Å². The van der Waals surface area contributed by atoms with Gasteiger partial charge < -0.3 is 4.90 Å². The normalized spacial score (nSPS) is 20.0. The minimum absolute atomic E-state index is 0.0429. The summed E-state index contributed by atoms with van der Waals surface area (Å²) in [5, 5.41) is 1.21. The minimum Gasteiger partial charge on any atom is -0.304 e. The number of aryl methyl sites for hydroxylation is 2. The first-order chi connectivity index (χ1) is 9.71. The summed E-state index contributed by atoms with van der Waals surface area (Å²) in [7, 11) is -3.20. The van der Waals surface area contributed by atoms with Crippen molar-refractivity contribution in [3.63, 3.8) is 0 Å². The Morgan fingerprint density at radius 2 is 1.95 bits per heavy atom. The molecular weight excluding hydrogens is 286 g/mol. The number of hydrogen-bond acceptors (Lipinski definition) is 3. The predicted octanol–water partition coefficient (Wildman–Crippen LogP) is 2.60. The zero-order valence-electron chi connectivity index (χ0n) is 12.8. The van der Waals surface area contributed by atoms with Crippen LogP contribution >= 0.6 is 0 Å². The summed E-state index contributed by atoms with van der Waals surface area (Å²) < 4.78 is 23.4. The Kier molecular flexibility index (Phi) is 4.23. The van der Waals surface area contributed by atoms with Crippen molar-refractivity contribution in [3.05, 3.63) is 40.8 Å². The number of rotatable bonds is 3. The lowest BCUT2D eigenvalue weighted by Crippen LogP contribution is -2.43. The number of carbonyl (C=O) groups excluding carboxylic acids is 1. The molecule has 1 heterocycles. The van der Waals surface area contributed by atoms with E-state index in [9.17, 15) is 13.2 Å². The van der Waals surface area contributed by atoms with Crippen molar-refractivity contribution >= 4 is 21.4 Å². The van der Waals surface area contributed by atoms with Gasteiger partial charge in [-0.15, -0.1) is 0 Å². The Bertz CT molecular complexity index is 689. The molecule has 2 rings (SSSR count). The molecule has 1 aliphatic rings. The fraction of sp³-hybridized carbons (Fsp3) is 0.438. The standard InChI is InChI=1S/C16H21NO3S/c1-11(2)16(18)17(14-7-8-21(19,20)10-14)15-6-5-12(3)9-13(15)4/h5-9,11,14H,10H2,1-4H3/t14-/m0/s1. The summed E-state index contributed by atoms with van der Waals surface area (Å²) in [5.74, 6) is -0.296. The highest BCUT2D eigenvalue weighted by atomic mass is 32.2. The average molecular weight is 307 g/mol. The maximum atomic E-state index is 12.6. The van der Waals surface area contributed by atoms with E-state index in [0.717, 1.165) is 16.8 Å². The molecule has 0 fully saturated rings. The van der Waals surface area contributed by atoms with Crippen molar-refractivity contribution in [2.75, 3.05) is 10.7 Å². The molecule has 114 valence electrons. The molecule has 0 radical (unpaired) electrons. The topological polar surface area (TPSA) is 54.5 Å². The summed E-state index contributed by atoms with van der Waals surface area (Å²) >= 11 is 0. The third kappa shape index (κ3) is 3.35. The summed E-state index contributed by atoms with van der Waals surface area (Å²) in [6.45, 7) is 7.58. The number of carbonyl (C=O) groups is 1. The third-order valence-corrected chi connectivity index (χ3v) is 4.96. The first-order valence-corrected chi connectivity index (χ1v) is 8.74. The first-order valence-electron chi connectivity index (χ1n) is 7.02. The fourth-order valence-corrected chi connectivity index (χ4v) is 3.80. The highest BCUT2D eigenvalue weighted by molar-refractivity contribution is 7.94. The number of benzene rings is 1. The van der Waals surface area contributed by atoms with E-state index in [1.54, 1.807) is 11.0 Å². The van der Waals surface area contributed by atoms with Crippen LogP contribution < -0.4 is 4.90 Å². The summed E-state index contributed by atoms with van der Waals surface area (Å²) in [5.41, 5.74) is 2.87. The van der Waals surface area contributed by atoms with Gasteiger partial charge in [0.05, 0.1) is 11.8 Å². The number of hydrogen-bond donors (Lipinski definition) is 0. The van der Waals surface area contributed by atoms with Crippen LogP contribution in [0.15, 0.2) is 29.7 Å². The van der Waals surface area contributed by atoms with Crippen LogP contribution in [0.1, 0.15) is 25.0 Å². The molecule has 21 heavy (non-hydrogen) atoms. The van der Waals surface area contributed by atoms with E-state index in [4.69, 9.17) is 0 Å². The lowest BCUT2D eigenvalue weighted by Gasteiger charge is -2.30. The van der Waals surface area contributed by atoms with Crippen LogP contribution in [-0.4, -0.2) is 26.1 Å². The molecule has 0 unspecified atom stereocenters. The molecule has 0 saturated heterocycles. The molecule has 1 aromatic rings. The molecule has 1 amide bonds. The molecule has 0 spiro atoms. The lowest BCUT2D eigenvalue weighted by molar-refractivity contribution is -0.121. The zero-order chi connectivity index (χ0) is 15.8. The van der Waals surface area contributed by atoms with Crippen LogP contribution in [0.25, 0.3) is 0 Å². The predicted molar refractivity (Wildman–Crippen MR) is 85.0 cm³/mol. The van der Waals surface area contributed by atoms with Gasteiger partial charge in [0.2, 0.25) is 5.91 Å². The van der Waals surface area contributed by atoms with Gasteiger partial charge in [-0.05, 0) is 31.6 Å². The molecule has 1 aromatic carbocycles. The van der Waals surface area contributed by atoms with E-state index in [1.807, 2.05) is 45.9 Å². The van der Waals surface area contributed by atoms with Gasteiger partial charge in [-0.3, -0.25) is 4.79 Å². The maximum Gasteiger partial charge on any atom is 0.230 e. The van der Waals surface area contributed by atoms with Crippen molar-refractivity contribution in [1.29, 1.82) is 0 Å². The van der Waals surface area contributed by atoms with Crippen LogP contribution in [0.4, 0.5) is 5.69 Å². The molecule has 0 aromatic heterocycles. The van der Waals surface area contributed by atoms with Crippen LogP contribution in [0.2, 0.25) is 0 Å². The lowest BCUT2D eigenvalue weighted by atomic mass is 10.1. The van der Waals surface area contributed by atoms with Crippen LogP contribution in [0, 0.1) is 19.8 Å². The SMILES string of the molecule is Cc1ccc(N(C(=O)C(C)C)[C@H]2C=CS(=O)(=O)C2)c(C)c1. The Balaban J connectivity index is 2.47. The molecule has 0 aliphatic carbocycles. The van der Waals surface area contributed by atoms with E-state index in [2.05, 4.69) is 0 Å². The van der Waals surface area contributed by atoms with E-state index in [1.165, 1.54) is 5.41 Å². The second-order valence-electron chi connectivity index (χ2n) is 5.88. The summed E-state index contributed by atoms with van der Waals surface area (Å²) in [6, 6.07) is 5.41. The average Bonchev–Trinajstić information content (AvgIpc) is 2.72. The zero-order valence-corrected chi connectivity index (χ0v) is 13.6. The van der Waals surface area contributed by atoms with Gasteiger partial charge in [-0.2, -0.15) is 0 Å². The minimum atomic E-state index is -3.20. The number of nitrogens with zero attached hydrogens (tertiary/aromatic N) is 1. The highest BCUT2D eigenvalue weighted by Crippen LogP contribution is 2.28. The largest absolute Gasteiger partial charge is 0.304 e. The van der Waals surface area contributed by atoms with Gasteiger partial charge in [-0.1, -0.05) is 31.5 Å². The molecule has 5 heteroatoms. The number of amides is 1. The first kappa shape index (κ1) is 15.8. The van der Waals surface area contributed by atoms with Gasteiger partial charge in [0.25, 0.3) is 0 Å². The van der Waals surface area contributed by atoms with Crippen molar-refractivity contribution in [2.45, 2.75) is 33.7 Å². The van der Waals surface area contributed by atoms with E-state index >= 15 is 0 Å². The van der Waals surface area contributed by atoms with Gasteiger partial charge in [0.15, 0.2) is 9.84 Å². The Morgan fingerprint density at radius 3 is 2.43 bits per heavy atom. The van der Waals surface area contributed by atoms with E-state index < -0.39 is 15.9 Å². The summed E-state index contributed by atoms with van der Waals surface area (Å²) in [4.78, 5) is 14.2. The van der Waals surface area contributed by atoms with Crippen LogP contribution in [0.5, 0.6) is 0 Å². The maximum absolute atomic E-state index is 12.6. The van der Waals surface area contributed by atoms with Gasteiger partial charge in [0.1, 0.15) is 0 Å². The molecule has 4 nitrogen and oxygen atoms in total. The molecule has 0 saturated carbocycles. The van der Waals surface area contributed by atoms with Gasteiger partial charge in [-0.25, -0.2) is 8.42 Å². The highest BCUT2D eigenvalue weighted by Gasteiger charge is 2.32. The van der Waals surface area contributed by atoms with Crippen molar-refractivity contribution < 1.29 is 13.2 Å². The quantitative estimate of drug-likeness (QED) is 0.862. The Hall–Kier alpha value is -1.62. The molecule has 0 bridgehead atoms. The molecule has 0 N–H and O–H groups in total. The van der Waals surface area contributed by atoms with Crippen LogP contribution in [-0.2, 0) is 14.6 Å². The van der Waals surface area contributed by atoms with Crippen molar-refractivity contribution in [2.24, 2.45) is 5.92 Å². The monoisotopic (exact) mass is 307 g/mol. The van der Waals surface area contributed by atoms with Gasteiger partial charge in [0, 0.05) is 17.0 Å². The second-order valence-corrected chi connectivity index (χ2v) is 7.81. The van der Waals surface area contributed by atoms with Crippen molar-refractivity contribution in [1.82, 2.24) is 0 Å². The van der Waals surface area contributed by atoms with E-state index in [-0.39, 0.29) is 17.6 Å². The van der Waals surface area contributed by atoms with E-state index in [0.29, 0.717) is 0 Å². The third-order valence-electron chi connectivity index (χ3n) is 3.59. The Morgan fingerprint density at radius 1 is 1.29 bits per heavy atom. The van der Waals surface area contributed by atoms with Crippen molar-refractivity contribution in [3.8, 4) is 0 Å². The smallest absolute Gasteiger partial charge is 0.230 e. The summed E-state index contributed by atoms with van der Waals surface area (Å²) in [6.07, 6.45) is 1.61. The Labute approximate surface area is 126 Å². The number of anilines is 1. The van der Waals surface area contributed by atoms with Crippen LogP contribution in [0.3, 0.4) is 0 Å². The molecular formula is C16H21NO3S. The number of sulfone groups is 1. The molecule has 1 atom stereocenters.